The topological polar surface area (TPSA) is 57.4 Å². The normalized spacial score (nSPS) is 23.0. The molecule has 0 atom stereocenters. The fraction of sp³-hybridized carbons (Fsp3) is 0.643. The minimum atomic E-state index is -4.09. The molecule has 1 aromatic rings. The van der Waals surface area contributed by atoms with Crippen LogP contribution in [0.3, 0.4) is 0 Å². The predicted molar refractivity (Wildman–Crippen MR) is 71.8 cm³/mol. The summed E-state index contributed by atoms with van der Waals surface area (Å²) in [5.74, 6) is -0.769. The van der Waals surface area contributed by atoms with Crippen LogP contribution in [0.1, 0.15) is 31.2 Å². The highest BCUT2D eigenvalue weighted by atomic mass is 19.4. The molecular weight excluding hydrogens is 285 g/mol. The summed E-state index contributed by atoms with van der Waals surface area (Å²) < 4.78 is 48.5. The van der Waals surface area contributed by atoms with Gasteiger partial charge < -0.3 is 15.2 Å². The molecule has 2 rings (SSSR count). The number of alkyl halides is 3. The van der Waals surface area contributed by atoms with Crippen LogP contribution in [0, 0.1) is 5.92 Å². The Balaban J connectivity index is 1.86. The van der Waals surface area contributed by atoms with E-state index < -0.39 is 12.1 Å². The zero-order valence-electron chi connectivity index (χ0n) is 11.8. The number of nitrogens with two attached hydrogens (primary N) is 1. The zero-order chi connectivity index (χ0) is 15.5. The molecule has 0 radical (unpaired) electrons. The van der Waals surface area contributed by atoms with Crippen LogP contribution < -0.4 is 10.5 Å². The van der Waals surface area contributed by atoms with Crippen LogP contribution in [0.5, 0.6) is 5.88 Å². The fourth-order valence-electron chi connectivity index (χ4n) is 2.57. The van der Waals surface area contributed by atoms with Gasteiger partial charge in [-0.3, -0.25) is 0 Å². The number of methoxy groups -OCH3 is 1. The van der Waals surface area contributed by atoms with Crippen LogP contribution >= 0.6 is 0 Å². The fourth-order valence-corrected chi connectivity index (χ4v) is 2.57. The van der Waals surface area contributed by atoms with Gasteiger partial charge in [0.2, 0.25) is 5.88 Å². The van der Waals surface area contributed by atoms with Crippen LogP contribution in [-0.2, 0) is 11.3 Å². The van der Waals surface area contributed by atoms with Crippen molar-refractivity contribution in [3.63, 3.8) is 0 Å². The number of ether oxygens (including phenoxy) is 2. The van der Waals surface area contributed by atoms with E-state index in [1.165, 1.54) is 13.3 Å². The van der Waals surface area contributed by atoms with Crippen LogP contribution in [0.4, 0.5) is 18.9 Å². The van der Waals surface area contributed by atoms with Gasteiger partial charge in [0.15, 0.2) is 0 Å². The molecule has 0 aromatic carbocycles. The van der Waals surface area contributed by atoms with Crippen molar-refractivity contribution in [2.75, 3.05) is 12.8 Å². The molecule has 0 saturated heterocycles. The van der Waals surface area contributed by atoms with Crippen molar-refractivity contribution >= 4 is 5.69 Å². The third-order valence-corrected chi connectivity index (χ3v) is 3.75. The number of aromatic nitrogens is 1. The van der Waals surface area contributed by atoms with Crippen LogP contribution in [0.15, 0.2) is 12.3 Å². The largest absolute Gasteiger partial charge is 0.481 e. The quantitative estimate of drug-likeness (QED) is 0.927. The Labute approximate surface area is 121 Å². The maximum atomic E-state index is 12.6. The maximum absolute atomic E-state index is 12.6. The van der Waals surface area contributed by atoms with Crippen LogP contribution in [-0.4, -0.2) is 24.4 Å². The van der Waals surface area contributed by atoms with Gasteiger partial charge in [-0.15, -0.1) is 0 Å². The van der Waals surface area contributed by atoms with E-state index in [-0.39, 0.29) is 25.6 Å². The predicted octanol–water partition coefficient (Wildman–Crippen LogP) is 3.31. The molecule has 0 spiro atoms. The number of pyridine rings is 1. The second kappa shape index (κ2) is 6.51. The molecule has 7 heteroatoms. The first-order valence-electron chi connectivity index (χ1n) is 6.87. The highest BCUT2D eigenvalue weighted by molar-refractivity contribution is 5.42. The van der Waals surface area contributed by atoms with E-state index in [1.807, 2.05) is 0 Å². The monoisotopic (exact) mass is 304 g/mol. The minimum Gasteiger partial charge on any atom is -0.481 e. The number of hydrogen-bond acceptors (Lipinski definition) is 4. The van der Waals surface area contributed by atoms with Gasteiger partial charge in [-0.05, 0) is 31.7 Å². The summed E-state index contributed by atoms with van der Waals surface area (Å²) >= 11 is 0. The second-order valence-electron chi connectivity index (χ2n) is 5.26. The van der Waals surface area contributed by atoms with E-state index in [1.54, 1.807) is 6.07 Å². The summed E-state index contributed by atoms with van der Waals surface area (Å²) in [6, 6.07) is 1.70. The second-order valence-corrected chi connectivity index (χ2v) is 5.26. The van der Waals surface area contributed by atoms with E-state index in [2.05, 4.69) is 4.98 Å². The molecule has 0 bridgehead atoms. The van der Waals surface area contributed by atoms with Crippen molar-refractivity contribution in [2.45, 2.75) is 44.6 Å². The standard InChI is InChI=1S/C14H19F3N2O2/c1-20-13-9(6-11(18)7-19-13)8-21-12-4-2-10(3-5-12)14(15,16)17/h6-7,10,12H,2-5,8,18H2,1H3. The summed E-state index contributed by atoms with van der Waals surface area (Å²) in [7, 11) is 1.50. The number of nitrogens with zero attached hydrogens (tertiary/aromatic N) is 1. The first-order chi connectivity index (χ1) is 9.90. The molecule has 1 heterocycles. The molecule has 0 aliphatic heterocycles. The number of nitrogen functional groups attached to an aromatic ring is 1. The summed E-state index contributed by atoms with van der Waals surface area (Å²) in [5, 5.41) is 0. The lowest BCUT2D eigenvalue weighted by atomic mass is 9.87. The molecule has 1 aliphatic rings. The van der Waals surface area contributed by atoms with Crippen LogP contribution in [0.2, 0.25) is 0 Å². The van der Waals surface area contributed by atoms with E-state index in [0.29, 0.717) is 30.0 Å². The minimum absolute atomic E-state index is 0.125. The number of anilines is 1. The first-order valence-corrected chi connectivity index (χ1v) is 6.87. The first kappa shape index (κ1) is 15.9. The van der Waals surface area contributed by atoms with Crippen molar-refractivity contribution < 1.29 is 22.6 Å². The molecule has 1 aromatic heterocycles. The Morgan fingerprint density at radius 1 is 1.29 bits per heavy atom. The molecule has 0 unspecified atom stereocenters. The lowest BCUT2D eigenvalue weighted by Gasteiger charge is -2.29. The van der Waals surface area contributed by atoms with E-state index in [4.69, 9.17) is 15.2 Å². The Kier molecular flexibility index (Phi) is 4.92. The van der Waals surface area contributed by atoms with Gasteiger partial charge in [0.25, 0.3) is 0 Å². The number of halogens is 3. The summed E-state index contributed by atoms with van der Waals surface area (Å²) in [6.45, 7) is 0.239. The van der Waals surface area contributed by atoms with Gasteiger partial charge in [-0.25, -0.2) is 4.98 Å². The Morgan fingerprint density at radius 3 is 2.52 bits per heavy atom. The van der Waals surface area contributed by atoms with Gasteiger partial charge in [0.1, 0.15) is 0 Å². The summed E-state index contributed by atoms with van der Waals surface area (Å²) in [4.78, 5) is 4.03. The van der Waals surface area contributed by atoms with Gasteiger partial charge in [-0.1, -0.05) is 0 Å². The van der Waals surface area contributed by atoms with Crippen LogP contribution in [0.25, 0.3) is 0 Å². The van der Waals surface area contributed by atoms with E-state index >= 15 is 0 Å². The zero-order valence-corrected chi connectivity index (χ0v) is 11.8. The van der Waals surface area contributed by atoms with E-state index in [0.717, 1.165) is 0 Å². The molecule has 1 aliphatic carbocycles. The molecular formula is C14H19F3N2O2. The molecule has 2 N–H and O–H groups in total. The van der Waals surface area contributed by atoms with Gasteiger partial charge in [0.05, 0.1) is 37.6 Å². The maximum Gasteiger partial charge on any atom is 0.391 e. The van der Waals surface area contributed by atoms with E-state index in [9.17, 15) is 13.2 Å². The van der Waals surface area contributed by atoms with Gasteiger partial charge in [0, 0.05) is 5.56 Å². The third-order valence-electron chi connectivity index (χ3n) is 3.75. The summed E-state index contributed by atoms with van der Waals surface area (Å²) in [6.07, 6.45) is -1.68. The van der Waals surface area contributed by atoms with Crippen molar-refractivity contribution in [1.82, 2.24) is 4.98 Å². The van der Waals surface area contributed by atoms with Gasteiger partial charge >= 0.3 is 6.18 Å². The molecule has 0 amide bonds. The molecule has 1 saturated carbocycles. The lowest BCUT2D eigenvalue weighted by Crippen LogP contribution is -2.30. The summed E-state index contributed by atoms with van der Waals surface area (Å²) in [5.41, 5.74) is 6.86. The molecule has 21 heavy (non-hydrogen) atoms. The Hall–Kier alpha value is -1.50. The average Bonchev–Trinajstić information content (AvgIpc) is 2.45. The lowest BCUT2D eigenvalue weighted by molar-refractivity contribution is -0.188. The average molecular weight is 304 g/mol. The van der Waals surface area contributed by atoms with Crippen molar-refractivity contribution in [3.05, 3.63) is 17.8 Å². The Morgan fingerprint density at radius 2 is 1.95 bits per heavy atom. The third kappa shape index (κ3) is 4.23. The highest BCUT2D eigenvalue weighted by Gasteiger charge is 2.41. The van der Waals surface area contributed by atoms with Crippen molar-refractivity contribution in [3.8, 4) is 5.88 Å². The highest BCUT2D eigenvalue weighted by Crippen LogP contribution is 2.38. The molecule has 118 valence electrons. The van der Waals surface area contributed by atoms with Crippen molar-refractivity contribution in [2.24, 2.45) is 5.92 Å². The number of hydrogen-bond donors (Lipinski definition) is 1. The molecule has 4 nitrogen and oxygen atoms in total. The van der Waals surface area contributed by atoms with Crippen molar-refractivity contribution in [1.29, 1.82) is 0 Å². The Bertz CT molecular complexity index is 472. The SMILES string of the molecule is COc1ncc(N)cc1COC1CCC(C(F)(F)F)CC1. The number of rotatable bonds is 4. The van der Waals surface area contributed by atoms with Gasteiger partial charge in [-0.2, -0.15) is 13.2 Å². The smallest absolute Gasteiger partial charge is 0.391 e. The molecule has 1 fully saturated rings.